The minimum atomic E-state index is -4.73. The lowest BCUT2D eigenvalue weighted by Gasteiger charge is -2.18. The van der Waals surface area contributed by atoms with Crippen LogP contribution in [0, 0.1) is 13.8 Å². The largest absolute Gasteiger partial charge is 0.469 e. The number of esters is 2. The van der Waals surface area contributed by atoms with Gasteiger partial charge in [-0.2, -0.15) is 12.8 Å². The number of carbonyl (C=O) groups excluding carboxylic acids is 2. The van der Waals surface area contributed by atoms with Crippen LogP contribution in [-0.4, -0.2) is 41.0 Å². The lowest BCUT2D eigenvalue weighted by Crippen LogP contribution is -2.29. The zero-order chi connectivity index (χ0) is 24.8. The zero-order valence-corrected chi connectivity index (χ0v) is 20.9. The molecule has 0 aromatic carbocycles. The van der Waals surface area contributed by atoms with Gasteiger partial charge in [-0.25, -0.2) is 4.57 Å². The topological polar surface area (TPSA) is 119 Å². The highest BCUT2D eigenvalue weighted by atomic mass is 31.2. The van der Waals surface area contributed by atoms with Crippen molar-refractivity contribution in [1.82, 2.24) is 0 Å². The van der Waals surface area contributed by atoms with Crippen molar-refractivity contribution in [1.29, 1.82) is 0 Å². The van der Waals surface area contributed by atoms with Crippen molar-refractivity contribution in [2.24, 2.45) is 0 Å². The molecule has 8 nitrogen and oxygen atoms in total. The number of allylic oxidation sites excluding steroid dienone is 2. The van der Waals surface area contributed by atoms with Crippen LogP contribution in [0.25, 0.3) is 0 Å². The lowest BCUT2D eigenvalue weighted by molar-refractivity contribution is -0.161. The molecule has 0 aliphatic rings. The first-order valence-electron chi connectivity index (χ1n) is 12.1. The monoisotopic (exact) mass is 490 g/mol. The minimum absolute atomic E-state index is 0.191. The van der Waals surface area contributed by atoms with Crippen LogP contribution in [0.2, 0.25) is 0 Å². The molecule has 9 heteroatoms. The first kappa shape index (κ1) is 31.8. The van der Waals surface area contributed by atoms with Gasteiger partial charge >= 0.3 is 19.8 Å². The molecule has 194 valence electrons. The summed E-state index contributed by atoms with van der Waals surface area (Å²) >= 11 is 0. The number of unbranched alkanes of at least 4 members (excludes halogenated alkanes) is 10. The Morgan fingerprint density at radius 1 is 0.758 bits per heavy atom. The molecule has 0 rings (SSSR count). The van der Waals surface area contributed by atoms with Crippen molar-refractivity contribution in [3.63, 3.8) is 0 Å². The predicted octanol–water partition coefficient (Wildman–Crippen LogP) is 5.63. The van der Waals surface area contributed by atoms with Crippen LogP contribution in [0.5, 0.6) is 0 Å². The number of phosphoric acid groups is 1. The summed E-state index contributed by atoms with van der Waals surface area (Å²) in [4.78, 5) is 41.7. The first-order chi connectivity index (χ1) is 15.8. The molecule has 0 aliphatic carbocycles. The van der Waals surface area contributed by atoms with Crippen LogP contribution in [0.15, 0.2) is 12.2 Å². The quantitative estimate of drug-likeness (QED) is 0.0659. The Hall–Kier alpha value is -1.21. The van der Waals surface area contributed by atoms with Crippen LogP contribution in [0.3, 0.4) is 0 Å². The van der Waals surface area contributed by atoms with Gasteiger partial charge in [0.2, 0.25) is 0 Å². The van der Waals surface area contributed by atoms with Gasteiger partial charge in [-0.1, -0.05) is 50.7 Å². The lowest BCUT2D eigenvalue weighted by atomic mass is 10.1. The molecule has 0 radical (unpaired) electrons. The molecule has 33 heavy (non-hydrogen) atoms. The molecule has 0 spiro atoms. The van der Waals surface area contributed by atoms with Crippen LogP contribution < -0.4 is 0 Å². The van der Waals surface area contributed by atoms with Crippen molar-refractivity contribution in [2.45, 2.75) is 102 Å². The highest BCUT2D eigenvalue weighted by Gasteiger charge is 2.22. The van der Waals surface area contributed by atoms with Gasteiger partial charge in [0, 0.05) is 12.8 Å². The summed E-state index contributed by atoms with van der Waals surface area (Å²) in [5, 5.41) is 0. The number of rotatable bonds is 22. The fourth-order valence-corrected chi connectivity index (χ4v) is 3.34. The summed E-state index contributed by atoms with van der Waals surface area (Å²) in [5.74, 6) is -0.956. The van der Waals surface area contributed by atoms with E-state index in [-0.39, 0.29) is 19.4 Å². The van der Waals surface area contributed by atoms with Gasteiger partial charge in [0.05, 0.1) is 6.61 Å². The van der Waals surface area contributed by atoms with Crippen molar-refractivity contribution < 1.29 is 37.9 Å². The number of hydrogen-bond acceptors (Lipinski definition) is 6. The van der Waals surface area contributed by atoms with Crippen LogP contribution in [-0.2, 0) is 28.2 Å². The molecule has 0 aromatic heterocycles. The molecule has 0 heterocycles. The fourth-order valence-electron chi connectivity index (χ4n) is 2.98. The van der Waals surface area contributed by atoms with E-state index in [0.29, 0.717) is 12.8 Å². The minimum Gasteiger partial charge on any atom is -0.462 e. The van der Waals surface area contributed by atoms with E-state index in [1.54, 1.807) is 0 Å². The van der Waals surface area contributed by atoms with E-state index in [2.05, 4.69) is 30.5 Å². The molecule has 1 atom stereocenters. The zero-order valence-electron chi connectivity index (χ0n) is 20.0. The molecular weight excluding hydrogens is 447 g/mol. The third-order valence-corrected chi connectivity index (χ3v) is 5.31. The molecule has 0 aliphatic heterocycles. The molecule has 0 fully saturated rings. The summed E-state index contributed by atoms with van der Waals surface area (Å²) in [7, 11) is -4.73. The highest BCUT2D eigenvalue weighted by Crippen LogP contribution is 2.35. The standard InChI is InChI=1S/C24H43O8P/c1-3-5-7-9-10-11-12-13-14-15-17-19-24(26)32-22(21-31-33(27,28)29)20-30-23(25)18-16-8-6-4-2/h9-10,22H,1-8,11-21H2,(H2,27,28,29)/q-2/b10-9-/t22-/m1/s1. The average molecular weight is 491 g/mol. The number of carbonyl (C=O) groups is 2. The molecule has 0 bridgehead atoms. The Kier molecular flexibility index (Phi) is 20.5. The highest BCUT2D eigenvalue weighted by molar-refractivity contribution is 7.46. The number of ether oxygens (including phenoxy) is 2. The summed E-state index contributed by atoms with van der Waals surface area (Å²) in [6.45, 7) is 6.70. The van der Waals surface area contributed by atoms with E-state index >= 15 is 0 Å². The van der Waals surface area contributed by atoms with Crippen molar-refractivity contribution in [3.8, 4) is 0 Å². The SMILES string of the molecule is [CH2-]CCC/C=C\CCCCCCCC(=O)O[C@H](COC(=O)CCCCC[CH2-])COP(=O)(O)O. The van der Waals surface area contributed by atoms with Gasteiger partial charge in [0.25, 0.3) is 0 Å². The van der Waals surface area contributed by atoms with E-state index in [0.717, 1.165) is 70.6 Å². The Morgan fingerprint density at radius 3 is 1.94 bits per heavy atom. The predicted molar refractivity (Wildman–Crippen MR) is 128 cm³/mol. The van der Waals surface area contributed by atoms with E-state index in [4.69, 9.17) is 19.3 Å². The van der Waals surface area contributed by atoms with Gasteiger partial charge in [-0.15, -0.1) is 0 Å². The molecule has 0 saturated heterocycles. The van der Waals surface area contributed by atoms with Gasteiger partial charge in [-0.05, 0) is 32.1 Å². The Balaban J connectivity index is 4.11. The maximum absolute atomic E-state index is 12.1. The third-order valence-electron chi connectivity index (χ3n) is 4.83. The van der Waals surface area contributed by atoms with E-state index < -0.39 is 32.5 Å². The second-order valence-corrected chi connectivity index (χ2v) is 9.26. The molecule has 0 unspecified atom stereocenters. The maximum Gasteiger partial charge on any atom is 0.469 e. The van der Waals surface area contributed by atoms with Crippen LogP contribution in [0.4, 0.5) is 0 Å². The Morgan fingerprint density at radius 2 is 1.30 bits per heavy atom. The van der Waals surface area contributed by atoms with Gasteiger partial charge in [-0.3, -0.25) is 14.1 Å². The van der Waals surface area contributed by atoms with Gasteiger partial charge < -0.3 is 33.1 Å². The summed E-state index contributed by atoms with van der Waals surface area (Å²) in [6, 6.07) is 0. The molecular formula is C24H43O8P-2. The smallest absolute Gasteiger partial charge is 0.462 e. The van der Waals surface area contributed by atoms with Gasteiger partial charge in [0.1, 0.15) is 6.61 Å². The molecule has 0 aromatic rings. The molecule has 0 amide bonds. The molecule has 0 saturated carbocycles. The summed E-state index contributed by atoms with van der Waals surface area (Å²) < 4.78 is 25.7. The average Bonchev–Trinajstić information content (AvgIpc) is 2.76. The summed E-state index contributed by atoms with van der Waals surface area (Å²) in [6.07, 6.45) is 16.1. The van der Waals surface area contributed by atoms with E-state index in [1.807, 2.05) is 0 Å². The summed E-state index contributed by atoms with van der Waals surface area (Å²) in [5.41, 5.74) is 0. The van der Waals surface area contributed by atoms with E-state index in [1.165, 1.54) is 0 Å². The van der Waals surface area contributed by atoms with Gasteiger partial charge in [0.15, 0.2) is 6.10 Å². The fraction of sp³-hybridized carbons (Fsp3) is 0.750. The normalized spacial score (nSPS) is 12.7. The maximum atomic E-state index is 12.1. The number of phosphoric ester groups is 1. The van der Waals surface area contributed by atoms with Crippen LogP contribution in [0.1, 0.15) is 96.3 Å². The second-order valence-electron chi connectivity index (χ2n) is 8.02. The second kappa shape index (κ2) is 21.3. The van der Waals surface area contributed by atoms with Crippen molar-refractivity contribution >= 4 is 19.8 Å². The Bertz CT molecular complexity index is 573. The van der Waals surface area contributed by atoms with Crippen LogP contribution >= 0.6 is 7.82 Å². The van der Waals surface area contributed by atoms with Crippen molar-refractivity contribution in [2.75, 3.05) is 13.2 Å². The molecule has 2 N–H and O–H groups in total. The first-order valence-corrected chi connectivity index (χ1v) is 13.6. The van der Waals surface area contributed by atoms with E-state index in [9.17, 15) is 14.2 Å². The third kappa shape index (κ3) is 23.7. The number of hydrogen-bond donors (Lipinski definition) is 2. The Labute approximate surface area is 199 Å². The van der Waals surface area contributed by atoms with Crippen molar-refractivity contribution in [3.05, 3.63) is 26.0 Å².